The molecule has 21 heavy (non-hydrogen) atoms. The standard InChI is InChI=1S/C18H18F2O/c19-16-6-3-7-17(20)15(16)11-18(21)14-9-8-12-4-1-2-5-13(12)10-14/h3,6-10,18,21H,1-2,4-5,11H2. The molecule has 1 aliphatic carbocycles. The maximum Gasteiger partial charge on any atom is 0.129 e. The number of benzene rings is 2. The normalized spacial score (nSPS) is 15.6. The first-order valence-corrected chi connectivity index (χ1v) is 7.38. The van der Waals surface area contributed by atoms with Crippen molar-refractivity contribution in [2.45, 2.75) is 38.2 Å². The van der Waals surface area contributed by atoms with Crippen molar-refractivity contribution in [3.8, 4) is 0 Å². The summed E-state index contributed by atoms with van der Waals surface area (Å²) in [6.45, 7) is 0. The molecule has 110 valence electrons. The van der Waals surface area contributed by atoms with Gasteiger partial charge in [-0.3, -0.25) is 0 Å². The number of halogens is 2. The van der Waals surface area contributed by atoms with Crippen molar-refractivity contribution in [2.24, 2.45) is 0 Å². The summed E-state index contributed by atoms with van der Waals surface area (Å²) >= 11 is 0. The number of hydrogen-bond acceptors (Lipinski definition) is 1. The number of aryl methyl sites for hydroxylation is 2. The molecule has 0 bridgehead atoms. The van der Waals surface area contributed by atoms with E-state index in [0.29, 0.717) is 0 Å². The molecule has 0 spiro atoms. The first-order chi connectivity index (χ1) is 10.1. The third kappa shape index (κ3) is 2.98. The zero-order valence-electron chi connectivity index (χ0n) is 11.8. The van der Waals surface area contributed by atoms with Gasteiger partial charge < -0.3 is 5.11 Å². The third-order valence-corrected chi connectivity index (χ3v) is 4.22. The summed E-state index contributed by atoms with van der Waals surface area (Å²) in [5.74, 6) is -1.21. The van der Waals surface area contributed by atoms with Crippen molar-refractivity contribution < 1.29 is 13.9 Å². The van der Waals surface area contributed by atoms with Crippen LogP contribution in [-0.2, 0) is 19.3 Å². The molecule has 1 N–H and O–H groups in total. The fourth-order valence-corrected chi connectivity index (χ4v) is 3.00. The van der Waals surface area contributed by atoms with E-state index in [4.69, 9.17) is 0 Å². The lowest BCUT2D eigenvalue weighted by Crippen LogP contribution is -2.08. The van der Waals surface area contributed by atoms with Gasteiger partial charge >= 0.3 is 0 Å². The van der Waals surface area contributed by atoms with Gasteiger partial charge in [-0.25, -0.2) is 8.78 Å². The van der Waals surface area contributed by atoms with Crippen LogP contribution in [0.1, 0.15) is 41.2 Å². The quantitative estimate of drug-likeness (QED) is 0.900. The number of hydrogen-bond donors (Lipinski definition) is 1. The maximum atomic E-state index is 13.6. The molecule has 1 aliphatic rings. The molecule has 0 fully saturated rings. The first kappa shape index (κ1) is 14.2. The molecule has 0 saturated carbocycles. The number of rotatable bonds is 3. The number of aliphatic hydroxyl groups excluding tert-OH is 1. The number of fused-ring (bicyclic) bond motifs is 1. The second kappa shape index (κ2) is 5.94. The smallest absolute Gasteiger partial charge is 0.129 e. The Morgan fingerprint density at radius 3 is 2.33 bits per heavy atom. The minimum Gasteiger partial charge on any atom is -0.388 e. The van der Waals surface area contributed by atoms with Gasteiger partial charge in [0.25, 0.3) is 0 Å². The molecule has 3 rings (SSSR count). The summed E-state index contributed by atoms with van der Waals surface area (Å²) in [5, 5.41) is 10.3. The van der Waals surface area contributed by atoms with Gasteiger partial charge in [0.15, 0.2) is 0 Å². The monoisotopic (exact) mass is 288 g/mol. The molecule has 1 unspecified atom stereocenters. The fraction of sp³-hybridized carbons (Fsp3) is 0.333. The van der Waals surface area contributed by atoms with Crippen LogP contribution in [0.4, 0.5) is 8.78 Å². The van der Waals surface area contributed by atoms with Crippen molar-refractivity contribution in [3.63, 3.8) is 0 Å². The summed E-state index contributed by atoms with van der Waals surface area (Å²) in [5.41, 5.74) is 3.27. The minimum atomic E-state index is -0.886. The van der Waals surface area contributed by atoms with E-state index in [0.717, 1.165) is 24.8 Å². The zero-order chi connectivity index (χ0) is 14.8. The third-order valence-electron chi connectivity index (χ3n) is 4.22. The van der Waals surface area contributed by atoms with Gasteiger partial charge in [0.2, 0.25) is 0 Å². The van der Waals surface area contributed by atoms with E-state index in [9.17, 15) is 13.9 Å². The van der Waals surface area contributed by atoms with Crippen molar-refractivity contribution >= 4 is 0 Å². The van der Waals surface area contributed by atoms with Crippen LogP contribution in [0.15, 0.2) is 36.4 Å². The molecule has 0 radical (unpaired) electrons. The summed E-state index contributed by atoms with van der Waals surface area (Å²) in [4.78, 5) is 0. The Morgan fingerprint density at radius 2 is 1.62 bits per heavy atom. The first-order valence-electron chi connectivity index (χ1n) is 7.38. The highest BCUT2D eigenvalue weighted by molar-refractivity contribution is 5.35. The summed E-state index contributed by atoms with van der Waals surface area (Å²) in [6, 6.07) is 9.66. The second-order valence-corrected chi connectivity index (χ2v) is 5.66. The van der Waals surface area contributed by atoms with Crippen molar-refractivity contribution in [2.75, 3.05) is 0 Å². The van der Waals surface area contributed by atoms with E-state index in [1.807, 2.05) is 18.2 Å². The summed E-state index contributed by atoms with van der Waals surface area (Å²) < 4.78 is 27.3. The van der Waals surface area contributed by atoms with Crippen LogP contribution in [0, 0.1) is 11.6 Å². The van der Waals surface area contributed by atoms with Crippen LogP contribution < -0.4 is 0 Å². The molecule has 0 aromatic heterocycles. The van der Waals surface area contributed by atoms with Gasteiger partial charge in [0.05, 0.1) is 6.10 Å². The molecule has 2 aromatic rings. The summed E-state index contributed by atoms with van der Waals surface area (Å²) in [6.07, 6.45) is 3.53. The van der Waals surface area contributed by atoms with Crippen molar-refractivity contribution in [1.82, 2.24) is 0 Å². The minimum absolute atomic E-state index is 0.0444. The zero-order valence-corrected chi connectivity index (χ0v) is 11.8. The Morgan fingerprint density at radius 1 is 0.952 bits per heavy atom. The van der Waals surface area contributed by atoms with E-state index in [2.05, 4.69) is 0 Å². The summed E-state index contributed by atoms with van der Waals surface area (Å²) in [7, 11) is 0. The molecule has 1 nitrogen and oxygen atoms in total. The Hall–Kier alpha value is -1.74. The highest BCUT2D eigenvalue weighted by Gasteiger charge is 2.17. The van der Waals surface area contributed by atoms with E-state index in [1.54, 1.807) is 0 Å². The second-order valence-electron chi connectivity index (χ2n) is 5.66. The van der Waals surface area contributed by atoms with Crippen LogP contribution in [-0.4, -0.2) is 5.11 Å². The lowest BCUT2D eigenvalue weighted by atomic mass is 9.88. The van der Waals surface area contributed by atoms with Crippen LogP contribution >= 0.6 is 0 Å². The molecule has 0 amide bonds. The SMILES string of the molecule is OC(Cc1c(F)cccc1F)c1ccc2c(c1)CCCC2. The van der Waals surface area contributed by atoms with E-state index >= 15 is 0 Å². The molecule has 2 aromatic carbocycles. The molecule has 1 atom stereocenters. The molecular formula is C18H18F2O. The van der Waals surface area contributed by atoms with Crippen molar-refractivity contribution in [3.05, 3.63) is 70.3 Å². The highest BCUT2D eigenvalue weighted by atomic mass is 19.1. The molecule has 0 saturated heterocycles. The molecule has 3 heteroatoms. The number of aliphatic hydroxyl groups is 1. The Balaban J connectivity index is 1.84. The van der Waals surface area contributed by atoms with Crippen LogP contribution in [0.25, 0.3) is 0 Å². The molecule has 0 heterocycles. The average Bonchev–Trinajstić information content (AvgIpc) is 2.50. The molecular weight excluding hydrogens is 270 g/mol. The average molecular weight is 288 g/mol. The predicted octanol–water partition coefficient (Wildman–Crippen LogP) is 4.12. The van der Waals surface area contributed by atoms with Gasteiger partial charge in [0.1, 0.15) is 11.6 Å². The van der Waals surface area contributed by atoms with Gasteiger partial charge in [-0.2, -0.15) is 0 Å². The van der Waals surface area contributed by atoms with Gasteiger partial charge in [-0.05, 0) is 54.5 Å². The topological polar surface area (TPSA) is 20.2 Å². The maximum absolute atomic E-state index is 13.6. The van der Waals surface area contributed by atoms with Crippen molar-refractivity contribution in [1.29, 1.82) is 0 Å². The van der Waals surface area contributed by atoms with Crippen LogP contribution in [0.2, 0.25) is 0 Å². The lowest BCUT2D eigenvalue weighted by molar-refractivity contribution is 0.175. The Bertz CT molecular complexity index is 631. The van der Waals surface area contributed by atoms with E-state index in [1.165, 1.54) is 35.7 Å². The Kier molecular flexibility index (Phi) is 4.02. The lowest BCUT2D eigenvalue weighted by Gasteiger charge is -2.19. The molecule has 0 aliphatic heterocycles. The van der Waals surface area contributed by atoms with E-state index < -0.39 is 17.7 Å². The predicted molar refractivity (Wildman–Crippen MR) is 78.1 cm³/mol. The van der Waals surface area contributed by atoms with Crippen LogP contribution in [0.3, 0.4) is 0 Å². The fourth-order valence-electron chi connectivity index (χ4n) is 3.00. The van der Waals surface area contributed by atoms with Gasteiger partial charge in [-0.1, -0.05) is 24.3 Å². The van der Waals surface area contributed by atoms with Gasteiger partial charge in [-0.15, -0.1) is 0 Å². The van der Waals surface area contributed by atoms with E-state index in [-0.39, 0.29) is 12.0 Å². The Labute approximate surface area is 123 Å². The van der Waals surface area contributed by atoms with Gasteiger partial charge in [0, 0.05) is 12.0 Å². The van der Waals surface area contributed by atoms with Crippen LogP contribution in [0.5, 0.6) is 0 Å². The highest BCUT2D eigenvalue weighted by Crippen LogP contribution is 2.27. The largest absolute Gasteiger partial charge is 0.388 e.